The fourth-order valence-corrected chi connectivity index (χ4v) is 2.58. The van der Waals surface area contributed by atoms with E-state index in [9.17, 15) is 0 Å². The van der Waals surface area contributed by atoms with Gasteiger partial charge in [0, 0.05) is 5.69 Å². The molecule has 0 saturated heterocycles. The Morgan fingerprint density at radius 2 is 2.07 bits per heavy atom. The van der Waals surface area contributed by atoms with E-state index in [1.165, 1.54) is 24.1 Å². The van der Waals surface area contributed by atoms with Crippen LogP contribution in [0, 0.1) is 5.41 Å². The number of nitrogens with two attached hydrogens (primary N) is 1. The molecule has 82 valence electrons. The van der Waals surface area contributed by atoms with Crippen LogP contribution in [0.4, 0.5) is 5.82 Å². The molecule has 1 aliphatic rings. The zero-order chi connectivity index (χ0) is 11.1. The van der Waals surface area contributed by atoms with E-state index in [0.717, 1.165) is 6.42 Å². The minimum absolute atomic E-state index is 0.326. The number of nitrogens with zero attached hydrogens (tertiary/aromatic N) is 1. The van der Waals surface area contributed by atoms with Crippen molar-refractivity contribution in [3.8, 4) is 0 Å². The van der Waals surface area contributed by atoms with Gasteiger partial charge in [-0.3, -0.25) is 0 Å². The lowest BCUT2D eigenvalue weighted by Crippen LogP contribution is -2.23. The molecule has 0 radical (unpaired) electrons. The van der Waals surface area contributed by atoms with Gasteiger partial charge in [0.25, 0.3) is 0 Å². The van der Waals surface area contributed by atoms with Crippen LogP contribution < -0.4 is 5.73 Å². The number of fused-ring (bicyclic) bond motifs is 1. The predicted octanol–water partition coefficient (Wildman–Crippen LogP) is 3.13. The van der Waals surface area contributed by atoms with Crippen molar-refractivity contribution in [3.05, 3.63) is 23.4 Å². The summed E-state index contributed by atoms with van der Waals surface area (Å²) in [6.45, 7) is 6.93. The molecule has 0 saturated carbocycles. The number of aryl methyl sites for hydroxylation is 1. The average Bonchev–Trinajstić information content (AvgIpc) is 2.15. The smallest absolute Gasteiger partial charge is 0.123 e. The van der Waals surface area contributed by atoms with E-state index in [1.807, 2.05) is 6.07 Å². The van der Waals surface area contributed by atoms with Crippen LogP contribution in [0.25, 0.3) is 0 Å². The van der Waals surface area contributed by atoms with Gasteiger partial charge in [0.1, 0.15) is 5.82 Å². The summed E-state index contributed by atoms with van der Waals surface area (Å²) in [5.74, 6) is 1.29. The Kier molecular flexibility index (Phi) is 2.45. The third-order valence-corrected chi connectivity index (χ3v) is 3.36. The van der Waals surface area contributed by atoms with Gasteiger partial charge in [-0.25, -0.2) is 4.98 Å². The maximum absolute atomic E-state index is 5.73. The van der Waals surface area contributed by atoms with Crippen LogP contribution in [0.2, 0.25) is 0 Å². The molecule has 2 heteroatoms. The normalized spacial score (nSPS) is 21.1. The van der Waals surface area contributed by atoms with Crippen LogP contribution in [0.5, 0.6) is 0 Å². The standard InChI is InChI=1S/C13H20N2/c1-13(2,3)10-5-4-6-11-9(10)7-8-12(14)15-11/h7-8,10H,4-6H2,1-3H3,(H2,14,15). The lowest BCUT2D eigenvalue weighted by atomic mass is 9.70. The SMILES string of the molecule is CC(C)(C)C1CCCc2nc(N)ccc21. The van der Waals surface area contributed by atoms with E-state index in [0.29, 0.717) is 17.2 Å². The number of anilines is 1. The van der Waals surface area contributed by atoms with Crippen molar-refractivity contribution in [2.24, 2.45) is 5.41 Å². The van der Waals surface area contributed by atoms with Crippen LogP contribution in [0.3, 0.4) is 0 Å². The zero-order valence-electron chi connectivity index (χ0n) is 9.88. The minimum Gasteiger partial charge on any atom is -0.384 e. The molecular weight excluding hydrogens is 184 g/mol. The lowest BCUT2D eigenvalue weighted by molar-refractivity contribution is 0.288. The van der Waals surface area contributed by atoms with Crippen molar-refractivity contribution in [1.82, 2.24) is 4.98 Å². The molecule has 15 heavy (non-hydrogen) atoms. The molecule has 1 aliphatic carbocycles. The Morgan fingerprint density at radius 3 is 2.73 bits per heavy atom. The summed E-state index contributed by atoms with van der Waals surface area (Å²) >= 11 is 0. The summed E-state index contributed by atoms with van der Waals surface area (Å²) in [5.41, 5.74) is 8.69. The molecule has 1 atom stereocenters. The Bertz CT molecular complexity index is 363. The number of rotatable bonds is 0. The van der Waals surface area contributed by atoms with E-state index in [-0.39, 0.29) is 0 Å². The summed E-state index contributed by atoms with van der Waals surface area (Å²) in [4.78, 5) is 4.46. The van der Waals surface area contributed by atoms with Gasteiger partial charge in [-0.05, 0) is 42.2 Å². The molecule has 0 bridgehead atoms. The molecule has 1 heterocycles. The van der Waals surface area contributed by atoms with Gasteiger partial charge in [-0.1, -0.05) is 26.8 Å². The summed E-state index contributed by atoms with van der Waals surface area (Å²) in [6.07, 6.45) is 3.61. The predicted molar refractivity (Wildman–Crippen MR) is 63.8 cm³/mol. The van der Waals surface area contributed by atoms with Gasteiger partial charge in [0.05, 0.1) is 0 Å². The van der Waals surface area contributed by atoms with E-state index in [4.69, 9.17) is 5.73 Å². The fourth-order valence-electron chi connectivity index (χ4n) is 2.58. The summed E-state index contributed by atoms with van der Waals surface area (Å²) in [5, 5.41) is 0. The molecule has 0 aromatic carbocycles. The van der Waals surface area contributed by atoms with Gasteiger partial charge in [0.15, 0.2) is 0 Å². The molecule has 2 N–H and O–H groups in total. The minimum atomic E-state index is 0.326. The Morgan fingerprint density at radius 1 is 1.33 bits per heavy atom. The van der Waals surface area contributed by atoms with Crippen LogP contribution >= 0.6 is 0 Å². The number of hydrogen-bond acceptors (Lipinski definition) is 2. The highest BCUT2D eigenvalue weighted by atomic mass is 14.8. The monoisotopic (exact) mass is 204 g/mol. The second kappa shape index (κ2) is 3.51. The molecule has 0 aliphatic heterocycles. The number of hydrogen-bond donors (Lipinski definition) is 1. The number of aromatic nitrogens is 1. The molecule has 1 aromatic rings. The molecule has 0 spiro atoms. The first-order chi connectivity index (χ1) is 6.98. The Labute approximate surface area is 91.9 Å². The van der Waals surface area contributed by atoms with Crippen molar-refractivity contribution in [1.29, 1.82) is 0 Å². The quantitative estimate of drug-likeness (QED) is 0.705. The highest BCUT2D eigenvalue weighted by Gasteiger charge is 2.30. The van der Waals surface area contributed by atoms with Crippen molar-refractivity contribution < 1.29 is 0 Å². The molecular formula is C13H20N2. The third kappa shape index (κ3) is 1.99. The largest absolute Gasteiger partial charge is 0.384 e. The van der Waals surface area contributed by atoms with Crippen LogP contribution in [-0.4, -0.2) is 4.98 Å². The maximum atomic E-state index is 5.73. The topological polar surface area (TPSA) is 38.9 Å². The molecule has 1 aromatic heterocycles. The Balaban J connectivity index is 2.43. The van der Waals surface area contributed by atoms with Crippen LogP contribution in [0.15, 0.2) is 12.1 Å². The Hall–Kier alpha value is -1.05. The first-order valence-electron chi connectivity index (χ1n) is 5.74. The summed E-state index contributed by atoms with van der Waals surface area (Å²) < 4.78 is 0. The van der Waals surface area contributed by atoms with Gasteiger partial charge in [0.2, 0.25) is 0 Å². The van der Waals surface area contributed by atoms with Crippen LogP contribution in [0.1, 0.15) is 50.8 Å². The van der Waals surface area contributed by atoms with E-state index >= 15 is 0 Å². The van der Waals surface area contributed by atoms with Gasteiger partial charge in [-0.15, -0.1) is 0 Å². The van der Waals surface area contributed by atoms with Crippen molar-refractivity contribution in [2.75, 3.05) is 5.73 Å². The van der Waals surface area contributed by atoms with Crippen molar-refractivity contribution in [3.63, 3.8) is 0 Å². The summed E-state index contributed by atoms with van der Waals surface area (Å²) in [7, 11) is 0. The zero-order valence-corrected chi connectivity index (χ0v) is 9.88. The van der Waals surface area contributed by atoms with Crippen molar-refractivity contribution >= 4 is 5.82 Å². The molecule has 0 amide bonds. The second-order valence-electron chi connectivity index (χ2n) is 5.58. The highest BCUT2D eigenvalue weighted by Crippen LogP contribution is 2.42. The van der Waals surface area contributed by atoms with Gasteiger partial charge < -0.3 is 5.73 Å². The molecule has 2 nitrogen and oxygen atoms in total. The van der Waals surface area contributed by atoms with Crippen LogP contribution in [-0.2, 0) is 6.42 Å². The highest BCUT2D eigenvalue weighted by molar-refractivity contribution is 5.37. The molecule has 0 fully saturated rings. The van der Waals surface area contributed by atoms with E-state index in [1.54, 1.807) is 0 Å². The van der Waals surface area contributed by atoms with Crippen molar-refractivity contribution in [2.45, 2.75) is 46.0 Å². The second-order valence-corrected chi connectivity index (χ2v) is 5.58. The summed E-state index contributed by atoms with van der Waals surface area (Å²) in [6, 6.07) is 4.11. The first-order valence-corrected chi connectivity index (χ1v) is 5.74. The fraction of sp³-hybridized carbons (Fsp3) is 0.615. The number of pyridine rings is 1. The maximum Gasteiger partial charge on any atom is 0.123 e. The molecule has 1 unspecified atom stereocenters. The lowest BCUT2D eigenvalue weighted by Gasteiger charge is -2.35. The average molecular weight is 204 g/mol. The van der Waals surface area contributed by atoms with E-state index in [2.05, 4.69) is 31.8 Å². The molecule has 2 rings (SSSR count). The first kappa shape index (κ1) is 10.5. The van der Waals surface area contributed by atoms with Gasteiger partial charge in [-0.2, -0.15) is 0 Å². The van der Waals surface area contributed by atoms with E-state index < -0.39 is 0 Å². The number of nitrogen functional groups attached to an aromatic ring is 1. The third-order valence-electron chi connectivity index (χ3n) is 3.36. The van der Waals surface area contributed by atoms with Gasteiger partial charge >= 0.3 is 0 Å².